The van der Waals surface area contributed by atoms with Crippen molar-refractivity contribution in [3.8, 4) is 0 Å². The fourth-order valence-corrected chi connectivity index (χ4v) is 5.00. The Hall–Kier alpha value is -5.99. The number of ether oxygens (including phenoxy) is 4. The molecular formula is C37H45N7O8. The van der Waals surface area contributed by atoms with Gasteiger partial charge >= 0.3 is 18.2 Å². The third kappa shape index (κ3) is 11.5. The molecule has 0 atom stereocenters. The number of hydrogen-bond acceptors (Lipinski definition) is 11. The van der Waals surface area contributed by atoms with Crippen LogP contribution < -0.4 is 16.0 Å². The number of carbonyl (C=O) groups excluding carboxylic acids is 4. The highest BCUT2D eigenvalue weighted by atomic mass is 16.8. The van der Waals surface area contributed by atoms with Crippen molar-refractivity contribution in [1.29, 1.82) is 0 Å². The Kier molecular flexibility index (Phi) is 14.5. The van der Waals surface area contributed by atoms with Gasteiger partial charge in [-0.3, -0.25) is 14.5 Å². The van der Waals surface area contributed by atoms with E-state index in [4.69, 9.17) is 29.7 Å². The average molecular weight is 716 g/mol. The van der Waals surface area contributed by atoms with Gasteiger partial charge in [0.2, 0.25) is 6.79 Å². The molecule has 0 spiro atoms. The van der Waals surface area contributed by atoms with Gasteiger partial charge in [-0.25, -0.2) is 19.6 Å². The number of fused-ring (bicyclic) bond motifs is 1. The van der Waals surface area contributed by atoms with Crippen molar-refractivity contribution in [3.05, 3.63) is 83.8 Å². The minimum atomic E-state index is -0.952. The molecule has 276 valence electrons. The smallest absolute Gasteiger partial charge is 0.448 e. The number of benzene rings is 2. The average Bonchev–Trinajstić information content (AvgIpc) is 3.45. The zero-order valence-electron chi connectivity index (χ0n) is 29.9. The molecule has 0 aliphatic heterocycles. The second-order valence-corrected chi connectivity index (χ2v) is 12.0. The second kappa shape index (κ2) is 19.4. The van der Waals surface area contributed by atoms with E-state index >= 15 is 0 Å². The number of aliphatic imine (C=N–C) groups is 1. The minimum absolute atomic E-state index is 0.0416. The van der Waals surface area contributed by atoms with Crippen LogP contribution in [0.2, 0.25) is 0 Å². The number of aryl methyl sites for hydroxylation is 1. The van der Waals surface area contributed by atoms with Gasteiger partial charge in [0.05, 0.1) is 36.7 Å². The van der Waals surface area contributed by atoms with Gasteiger partial charge < -0.3 is 34.6 Å². The number of nitrogens with zero attached hydrogens (tertiary/aromatic N) is 5. The molecule has 2 aromatic heterocycles. The Morgan fingerprint density at radius 2 is 1.73 bits per heavy atom. The van der Waals surface area contributed by atoms with Gasteiger partial charge in [0, 0.05) is 36.6 Å². The molecule has 4 rings (SSSR count). The van der Waals surface area contributed by atoms with Gasteiger partial charge in [0.15, 0.2) is 0 Å². The van der Waals surface area contributed by atoms with Gasteiger partial charge in [-0.2, -0.15) is 4.99 Å². The number of amides is 2. The quantitative estimate of drug-likeness (QED) is 0.0320. The fourth-order valence-electron chi connectivity index (χ4n) is 5.00. The molecule has 2 heterocycles. The van der Waals surface area contributed by atoms with E-state index in [9.17, 15) is 19.2 Å². The molecule has 3 N–H and O–H groups in total. The summed E-state index contributed by atoms with van der Waals surface area (Å²) in [5, 5.41) is 3.33. The van der Waals surface area contributed by atoms with Crippen molar-refractivity contribution in [2.45, 2.75) is 65.5 Å². The van der Waals surface area contributed by atoms with Crippen LogP contribution >= 0.6 is 0 Å². The summed E-state index contributed by atoms with van der Waals surface area (Å²) < 4.78 is 21.6. The predicted molar refractivity (Wildman–Crippen MR) is 195 cm³/mol. The summed E-state index contributed by atoms with van der Waals surface area (Å²) in [6.45, 7) is 5.48. The van der Waals surface area contributed by atoms with Crippen LogP contribution in [-0.2, 0) is 37.3 Å². The third-order valence-corrected chi connectivity index (χ3v) is 7.73. The topological polar surface area (TPSA) is 190 Å². The molecule has 2 aromatic carbocycles. The van der Waals surface area contributed by atoms with Gasteiger partial charge in [0.25, 0.3) is 5.91 Å². The number of amidine groups is 1. The lowest BCUT2D eigenvalue weighted by atomic mass is 10.1. The molecule has 0 unspecified atom stereocenters. The molecule has 2 amide bonds. The highest BCUT2D eigenvalue weighted by Gasteiger charge is 2.22. The number of hydrogen-bond donors (Lipinski definition) is 2. The summed E-state index contributed by atoms with van der Waals surface area (Å²) >= 11 is 0. The van der Waals surface area contributed by atoms with E-state index in [0.717, 1.165) is 42.7 Å². The molecule has 0 fully saturated rings. The van der Waals surface area contributed by atoms with Gasteiger partial charge in [-0.05, 0) is 74.9 Å². The SMILES string of the molecule is CCCCCCOC(=O)/N=C(/N)c1ccc(NCc2nc3cc(C(=O)N(CCC(=O)OCOC(=O)OC(C)C)c4ccccn4)ccc3n2C)cc1. The summed E-state index contributed by atoms with van der Waals surface area (Å²) in [6, 6.07) is 17.5. The summed E-state index contributed by atoms with van der Waals surface area (Å²) in [6.07, 6.45) is 3.32. The normalized spacial score (nSPS) is 11.3. The van der Waals surface area contributed by atoms with E-state index < -0.39 is 30.9 Å². The molecule has 0 saturated heterocycles. The summed E-state index contributed by atoms with van der Waals surface area (Å²) in [7, 11) is 1.88. The number of carbonyl (C=O) groups is 4. The molecular weight excluding hydrogens is 670 g/mol. The lowest BCUT2D eigenvalue weighted by Gasteiger charge is -2.21. The number of nitrogens with one attached hydrogen (secondary N) is 1. The predicted octanol–water partition coefficient (Wildman–Crippen LogP) is 6.10. The van der Waals surface area contributed by atoms with Crippen LogP contribution in [0.15, 0.2) is 71.9 Å². The van der Waals surface area contributed by atoms with Crippen molar-refractivity contribution in [2.75, 3.05) is 30.2 Å². The Bertz CT molecular complexity index is 1840. The standard InChI is InChI=1S/C37H45N7O8/c1-5-6-7-10-21-49-36(47)42-34(38)26-12-15-28(16-13-26)40-23-32-41-29-22-27(14-17-30(29)43(32)4)35(46)44(31-11-8-9-19-39-31)20-18-33(45)50-24-51-37(48)52-25(2)3/h8-9,11-17,19,22,25,40H,5-7,10,18,20-21,23-24H2,1-4H3,(H2,38,42,47). The number of esters is 1. The van der Waals surface area contributed by atoms with Crippen molar-refractivity contribution >= 4 is 52.5 Å². The third-order valence-electron chi connectivity index (χ3n) is 7.73. The molecule has 15 heteroatoms. The van der Waals surface area contributed by atoms with Crippen LogP contribution in [0, 0.1) is 0 Å². The Balaban J connectivity index is 1.37. The van der Waals surface area contributed by atoms with Crippen LogP contribution in [-0.4, -0.2) is 70.5 Å². The molecule has 0 aliphatic carbocycles. The van der Waals surface area contributed by atoms with Gasteiger partial charge in [-0.15, -0.1) is 0 Å². The highest BCUT2D eigenvalue weighted by molar-refractivity contribution is 6.07. The van der Waals surface area contributed by atoms with Crippen molar-refractivity contribution in [3.63, 3.8) is 0 Å². The summed E-state index contributed by atoms with van der Waals surface area (Å²) in [5.74, 6) is 0.0688. The van der Waals surface area contributed by atoms with E-state index in [0.29, 0.717) is 35.6 Å². The first-order valence-corrected chi connectivity index (χ1v) is 17.1. The molecule has 0 saturated carbocycles. The molecule has 15 nitrogen and oxygen atoms in total. The van der Waals surface area contributed by atoms with Gasteiger partial charge in [-0.1, -0.05) is 32.3 Å². The first-order chi connectivity index (χ1) is 25.0. The minimum Gasteiger partial charge on any atom is -0.448 e. The Morgan fingerprint density at radius 1 is 0.962 bits per heavy atom. The number of nitrogens with two attached hydrogens (primary N) is 1. The zero-order valence-corrected chi connectivity index (χ0v) is 29.9. The van der Waals surface area contributed by atoms with Crippen LogP contribution in [0.1, 0.15) is 74.6 Å². The first kappa shape index (κ1) is 38.8. The maximum atomic E-state index is 13.8. The van der Waals surface area contributed by atoms with Gasteiger partial charge in [0.1, 0.15) is 17.5 Å². The number of rotatable bonds is 17. The maximum Gasteiger partial charge on any atom is 0.511 e. The number of aromatic nitrogens is 3. The molecule has 4 aromatic rings. The van der Waals surface area contributed by atoms with E-state index in [2.05, 4.69) is 22.2 Å². The van der Waals surface area contributed by atoms with E-state index in [1.807, 2.05) is 29.8 Å². The van der Waals surface area contributed by atoms with E-state index in [-0.39, 0.29) is 24.9 Å². The van der Waals surface area contributed by atoms with Crippen LogP contribution in [0.3, 0.4) is 0 Å². The fraction of sp³-hybridized carbons (Fsp3) is 0.378. The zero-order chi connectivity index (χ0) is 37.5. The highest BCUT2D eigenvalue weighted by Crippen LogP contribution is 2.21. The summed E-state index contributed by atoms with van der Waals surface area (Å²) in [4.78, 5) is 64.0. The Labute approximate surface area is 302 Å². The van der Waals surface area contributed by atoms with Crippen LogP contribution in [0.5, 0.6) is 0 Å². The van der Waals surface area contributed by atoms with Crippen molar-refractivity contribution in [1.82, 2.24) is 14.5 Å². The number of pyridine rings is 1. The Morgan fingerprint density at radius 3 is 2.44 bits per heavy atom. The van der Waals surface area contributed by atoms with Crippen LogP contribution in [0.4, 0.5) is 21.1 Å². The van der Waals surface area contributed by atoms with E-state index in [1.165, 1.54) is 4.90 Å². The number of anilines is 2. The second-order valence-electron chi connectivity index (χ2n) is 12.0. The van der Waals surface area contributed by atoms with Crippen molar-refractivity contribution < 1.29 is 38.1 Å². The lowest BCUT2D eigenvalue weighted by Crippen LogP contribution is -2.34. The van der Waals surface area contributed by atoms with E-state index in [1.54, 1.807) is 62.5 Å². The molecule has 52 heavy (non-hydrogen) atoms. The molecule has 0 aliphatic rings. The largest absolute Gasteiger partial charge is 0.511 e. The lowest BCUT2D eigenvalue weighted by molar-refractivity contribution is -0.153. The number of unbranched alkanes of at least 4 members (excludes halogenated alkanes) is 3. The molecule has 0 radical (unpaired) electrons. The first-order valence-electron chi connectivity index (χ1n) is 17.1. The monoisotopic (exact) mass is 715 g/mol. The number of imidazole rings is 1. The van der Waals surface area contributed by atoms with Crippen LogP contribution in [0.25, 0.3) is 11.0 Å². The van der Waals surface area contributed by atoms with Crippen molar-refractivity contribution in [2.24, 2.45) is 17.8 Å². The molecule has 0 bridgehead atoms. The maximum absolute atomic E-state index is 13.8. The summed E-state index contributed by atoms with van der Waals surface area (Å²) in [5.41, 5.74) is 9.17.